The summed E-state index contributed by atoms with van der Waals surface area (Å²) in [5.41, 5.74) is 0. The Morgan fingerprint density at radius 2 is 2.17 bits per heavy atom. The van der Waals surface area contributed by atoms with Crippen molar-refractivity contribution in [2.45, 2.75) is 62.8 Å². The van der Waals surface area contributed by atoms with Gasteiger partial charge in [-0.25, -0.2) is 0 Å². The van der Waals surface area contributed by atoms with Crippen LogP contribution in [0.25, 0.3) is 0 Å². The Balaban J connectivity index is 1.50. The zero-order chi connectivity index (χ0) is 12.1. The molecule has 0 radical (unpaired) electrons. The van der Waals surface area contributed by atoms with Crippen molar-refractivity contribution in [1.82, 2.24) is 10.2 Å². The molecule has 4 rings (SSSR count). The smallest absolute Gasteiger partial charge is 0.227 e. The monoisotopic (exact) mass is 250 g/mol. The van der Waals surface area contributed by atoms with E-state index in [-0.39, 0.29) is 5.92 Å². The highest BCUT2D eigenvalue weighted by atomic mass is 16.5. The molecular formula is C14H22N2O2. The van der Waals surface area contributed by atoms with E-state index in [1.54, 1.807) is 0 Å². The molecule has 0 aromatic heterocycles. The number of nitrogens with zero attached hydrogens (tertiary/aromatic N) is 1. The highest BCUT2D eigenvalue weighted by Gasteiger charge is 2.47. The number of ether oxygens (including phenoxy) is 1. The van der Waals surface area contributed by atoms with E-state index in [1.165, 1.54) is 19.3 Å². The molecule has 5 unspecified atom stereocenters. The van der Waals surface area contributed by atoms with Crippen molar-refractivity contribution in [1.29, 1.82) is 0 Å². The largest absolute Gasteiger partial charge is 0.374 e. The first-order chi connectivity index (χ1) is 8.83. The second-order valence-corrected chi connectivity index (χ2v) is 6.33. The van der Waals surface area contributed by atoms with Crippen LogP contribution >= 0.6 is 0 Å². The van der Waals surface area contributed by atoms with E-state index in [0.29, 0.717) is 30.1 Å². The lowest BCUT2D eigenvalue weighted by Crippen LogP contribution is -2.54. The average Bonchev–Trinajstić information content (AvgIpc) is 3.12. The van der Waals surface area contributed by atoms with E-state index >= 15 is 0 Å². The number of nitrogens with one attached hydrogen (secondary N) is 1. The summed E-state index contributed by atoms with van der Waals surface area (Å²) in [6.07, 6.45) is 7.36. The lowest BCUT2D eigenvalue weighted by Gasteiger charge is -2.40. The molecule has 3 aliphatic heterocycles. The number of hydrogen-bond donors (Lipinski definition) is 1. The molecule has 2 bridgehead atoms. The number of hydrogen-bond acceptors (Lipinski definition) is 3. The maximum atomic E-state index is 12.8. The van der Waals surface area contributed by atoms with E-state index in [2.05, 4.69) is 10.2 Å². The number of fused-ring (bicyclic) bond motifs is 3. The Morgan fingerprint density at radius 3 is 2.94 bits per heavy atom. The fraction of sp³-hybridized carbons (Fsp3) is 0.929. The molecule has 4 fully saturated rings. The molecule has 1 aliphatic carbocycles. The summed E-state index contributed by atoms with van der Waals surface area (Å²) in [5, 5.41) is 3.58. The lowest BCUT2D eigenvalue weighted by atomic mass is 9.87. The molecule has 1 N–H and O–H groups in total. The van der Waals surface area contributed by atoms with Gasteiger partial charge in [-0.05, 0) is 38.5 Å². The molecule has 5 atom stereocenters. The summed E-state index contributed by atoms with van der Waals surface area (Å²) < 4.78 is 5.80. The Morgan fingerprint density at radius 1 is 1.22 bits per heavy atom. The molecular weight excluding hydrogens is 228 g/mol. The van der Waals surface area contributed by atoms with Gasteiger partial charge in [0.1, 0.15) is 0 Å². The molecule has 100 valence electrons. The molecule has 0 spiro atoms. The van der Waals surface area contributed by atoms with Crippen LogP contribution in [0, 0.1) is 5.92 Å². The van der Waals surface area contributed by atoms with Crippen LogP contribution in [0.5, 0.6) is 0 Å². The van der Waals surface area contributed by atoms with Crippen molar-refractivity contribution in [3.05, 3.63) is 0 Å². The summed E-state index contributed by atoms with van der Waals surface area (Å²) in [7, 11) is 0. The topological polar surface area (TPSA) is 41.6 Å². The Kier molecular flexibility index (Phi) is 2.62. The SMILES string of the molecule is O=C(C1CC2CCC1N2)N1CCOC2CCCC21. The van der Waals surface area contributed by atoms with Gasteiger partial charge < -0.3 is 15.0 Å². The van der Waals surface area contributed by atoms with Crippen LogP contribution in [0.15, 0.2) is 0 Å². The van der Waals surface area contributed by atoms with Gasteiger partial charge in [0, 0.05) is 18.6 Å². The second-order valence-electron chi connectivity index (χ2n) is 6.33. The van der Waals surface area contributed by atoms with Crippen LogP contribution in [0.3, 0.4) is 0 Å². The normalized spacial score (nSPS) is 46.4. The van der Waals surface area contributed by atoms with E-state index in [1.807, 2.05) is 0 Å². The highest BCUT2D eigenvalue weighted by molar-refractivity contribution is 5.81. The van der Waals surface area contributed by atoms with Gasteiger partial charge in [0.05, 0.1) is 24.7 Å². The minimum Gasteiger partial charge on any atom is -0.374 e. The van der Waals surface area contributed by atoms with Crippen LogP contribution in [0.1, 0.15) is 38.5 Å². The summed E-state index contributed by atoms with van der Waals surface area (Å²) in [6, 6.07) is 1.46. The Labute approximate surface area is 108 Å². The van der Waals surface area contributed by atoms with Crippen molar-refractivity contribution in [3.8, 4) is 0 Å². The van der Waals surface area contributed by atoms with Crippen molar-refractivity contribution in [2.75, 3.05) is 13.2 Å². The third-order valence-corrected chi connectivity index (χ3v) is 5.38. The van der Waals surface area contributed by atoms with Crippen LogP contribution < -0.4 is 5.32 Å². The second kappa shape index (κ2) is 4.20. The zero-order valence-electron chi connectivity index (χ0n) is 10.8. The fourth-order valence-corrected chi connectivity index (χ4v) is 4.51. The lowest BCUT2D eigenvalue weighted by molar-refractivity contribution is -0.149. The van der Waals surface area contributed by atoms with Gasteiger partial charge in [-0.1, -0.05) is 0 Å². The van der Waals surface area contributed by atoms with Crippen LogP contribution in [0.4, 0.5) is 0 Å². The van der Waals surface area contributed by atoms with E-state index in [0.717, 1.165) is 32.4 Å². The first kappa shape index (κ1) is 11.2. The quantitative estimate of drug-likeness (QED) is 0.752. The van der Waals surface area contributed by atoms with Gasteiger partial charge in [-0.3, -0.25) is 4.79 Å². The van der Waals surface area contributed by atoms with Crippen molar-refractivity contribution < 1.29 is 9.53 Å². The van der Waals surface area contributed by atoms with Gasteiger partial charge in [0.2, 0.25) is 5.91 Å². The number of amides is 1. The summed E-state index contributed by atoms with van der Waals surface area (Å²) in [5.74, 6) is 0.665. The van der Waals surface area contributed by atoms with Crippen molar-refractivity contribution in [2.24, 2.45) is 5.92 Å². The maximum Gasteiger partial charge on any atom is 0.227 e. The molecule has 3 saturated heterocycles. The molecule has 18 heavy (non-hydrogen) atoms. The number of rotatable bonds is 1. The molecule has 1 saturated carbocycles. The van der Waals surface area contributed by atoms with Crippen molar-refractivity contribution in [3.63, 3.8) is 0 Å². The zero-order valence-corrected chi connectivity index (χ0v) is 10.8. The third kappa shape index (κ3) is 1.62. The average molecular weight is 250 g/mol. The predicted molar refractivity (Wildman–Crippen MR) is 67.1 cm³/mol. The summed E-state index contributed by atoms with van der Waals surface area (Å²) in [6.45, 7) is 1.55. The fourth-order valence-electron chi connectivity index (χ4n) is 4.51. The molecule has 0 aromatic rings. The van der Waals surface area contributed by atoms with Gasteiger partial charge in [0.25, 0.3) is 0 Å². The van der Waals surface area contributed by atoms with Gasteiger partial charge in [-0.2, -0.15) is 0 Å². The minimum atomic E-state index is 0.253. The standard InChI is InChI=1S/C14H22N2O2/c17-14(10-8-9-4-5-11(10)15-9)16-6-7-18-13-3-1-2-12(13)16/h9-13,15H,1-8H2. The molecule has 3 heterocycles. The van der Waals surface area contributed by atoms with Crippen molar-refractivity contribution >= 4 is 5.91 Å². The van der Waals surface area contributed by atoms with E-state index in [9.17, 15) is 4.79 Å². The van der Waals surface area contributed by atoms with Crippen LogP contribution in [-0.4, -0.2) is 48.2 Å². The Bertz CT molecular complexity index is 360. The molecule has 4 nitrogen and oxygen atoms in total. The molecule has 4 heteroatoms. The Hall–Kier alpha value is -0.610. The van der Waals surface area contributed by atoms with E-state index in [4.69, 9.17) is 4.74 Å². The van der Waals surface area contributed by atoms with Gasteiger partial charge in [-0.15, -0.1) is 0 Å². The third-order valence-electron chi connectivity index (χ3n) is 5.38. The first-order valence-corrected chi connectivity index (χ1v) is 7.51. The number of morpholine rings is 1. The van der Waals surface area contributed by atoms with Crippen LogP contribution in [0.2, 0.25) is 0 Å². The van der Waals surface area contributed by atoms with Gasteiger partial charge >= 0.3 is 0 Å². The summed E-state index contributed by atoms with van der Waals surface area (Å²) >= 11 is 0. The highest BCUT2D eigenvalue weighted by Crippen LogP contribution is 2.37. The first-order valence-electron chi connectivity index (χ1n) is 7.51. The number of carbonyl (C=O) groups is 1. The minimum absolute atomic E-state index is 0.253. The predicted octanol–water partition coefficient (Wildman–Crippen LogP) is 0.907. The van der Waals surface area contributed by atoms with Crippen LogP contribution in [-0.2, 0) is 9.53 Å². The molecule has 0 aromatic carbocycles. The maximum absolute atomic E-state index is 12.8. The number of carbonyl (C=O) groups excluding carboxylic acids is 1. The molecule has 1 amide bonds. The molecule has 4 aliphatic rings. The van der Waals surface area contributed by atoms with Gasteiger partial charge in [0.15, 0.2) is 0 Å². The summed E-state index contributed by atoms with van der Waals surface area (Å²) in [4.78, 5) is 14.9. The van der Waals surface area contributed by atoms with E-state index < -0.39 is 0 Å².